The fraction of sp³-hybridized carbons (Fsp3) is 0.120. The van der Waals surface area contributed by atoms with Gasteiger partial charge in [-0.25, -0.2) is 13.1 Å². The lowest BCUT2D eigenvalue weighted by Gasteiger charge is -2.17. The molecule has 0 aliphatic rings. The van der Waals surface area contributed by atoms with Gasteiger partial charge in [-0.3, -0.25) is 4.79 Å². The molecule has 0 saturated carbocycles. The third-order valence-corrected chi connectivity index (χ3v) is 7.77. The number of anilines is 2. The number of hydrogen-bond acceptors (Lipinski definition) is 6. The molecule has 0 aliphatic heterocycles. The number of benzene rings is 3. The second kappa shape index (κ2) is 10.1. The summed E-state index contributed by atoms with van der Waals surface area (Å²) in [5.41, 5.74) is 2.59. The minimum Gasteiger partial charge on any atom is -0.337 e. The maximum absolute atomic E-state index is 13.2. The first-order valence-electron chi connectivity index (χ1n) is 10.5. The van der Waals surface area contributed by atoms with Crippen molar-refractivity contribution in [2.75, 3.05) is 10.0 Å². The highest BCUT2D eigenvalue weighted by Crippen LogP contribution is 2.36. The van der Waals surface area contributed by atoms with Crippen LogP contribution in [0.15, 0.2) is 99.2 Å². The number of amides is 1. The van der Waals surface area contributed by atoms with Gasteiger partial charge in [0.05, 0.1) is 10.6 Å². The first-order chi connectivity index (χ1) is 16.3. The topological polar surface area (TPSA) is 101 Å². The van der Waals surface area contributed by atoms with Crippen LogP contribution in [0.5, 0.6) is 0 Å². The van der Waals surface area contributed by atoms with E-state index in [1.54, 1.807) is 26.0 Å². The summed E-state index contributed by atoms with van der Waals surface area (Å²) in [6, 6.07) is 25.2. The van der Waals surface area contributed by atoms with Gasteiger partial charge in [-0.2, -0.15) is 0 Å². The van der Waals surface area contributed by atoms with Crippen molar-refractivity contribution in [3.63, 3.8) is 0 Å². The predicted molar refractivity (Wildman–Crippen MR) is 133 cm³/mol. The Bertz CT molecular complexity index is 1370. The molecule has 9 heteroatoms. The molecule has 7 nitrogen and oxygen atoms in total. The van der Waals surface area contributed by atoms with E-state index in [4.69, 9.17) is 4.52 Å². The Morgan fingerprint density at radius 1 is 0.912 bits per heavy atom. The second-order valence-corrected chi connectivity index (χ2v) is 10.4. The fourth-order valence-corrected chi connectivity index (χ4v) is 5.24. The first kappa shape index (κ1) is 23.6. The Morgan fingerprint density at radius 2 is 1.53 bits per heavy atom. The van der Waals surface area contributed by atoms with Crippen molar-refractivity contribution in [3.05, 3.63) is 102 Å². The lowest BCUT2D eigenvalue weighted by atomic mass is 10.1. The monoisotopic (exact) mass is 493 g/mol. The summed E-state index contributed by atoms with van der Waals surface area (Å²) in [6.07, 6.45) is 0. The van der Waals surface area contributed by atoms with E-state index in [1.807, 2.05) is 60.7 Å². The molecule has 0 aliphatic carbocycles. The molecule has 0 bridgehead atoms. The molecule has 1 amide bonds. The van der Waals surface area contributed by atoms with Crippen molar-refractivity contribution < 1.29 is 17.7 Å². The molecule has 1 aromatic heterocycles. The Kier molecular flexibility index (Phi) is 7.04. The molecule has 0 spiro atoms. The molecular weight excluding hydrogens is 470 g/mol. The van der Waals surface area contributed by atoms with E-state index < -0.39 is 15.3 Å². The quantitative estimate of drug-likeness (QED) is 0.312. The van der Waals surface area contributed by atoms with E-state index in [-0.39, 0.29) is 16.7 Å². The number of nitrogens with zero attached hydrogens (tertiary/aromatic N) is 1. The van der Waals surface area contributed by atoms with Crippen molar-refractivity contribution in [1.82, 2.24) is 5.16 Å². The third-order valence-electron chi connectivity index (χ3n) is 5.15. The van der Waals surface area contributed by atoms with Crippen LogP contribution in [0.3, 0.4) is 0 Å². The summed E-state index contributed by atoms with van der Waals surface area (Å²) in [6.45, 7) is 3.45. The maximum atomic E-state index is 13.2. The van der Waals surface area contributed by atoms with Crippen molar-refractivity contribution in [2.24, 2.45) is 0 Å². The van der Waals surface area contributed by atoms with Crippen LogP contribution in [0.25, 0.3) is 0 Å². The third kappa shape index (κ3) is 5.49. The van der Waals surface area contributed by atoms with Gasteiger partial charge in [-0.05, 0) is 55.8 Å². The van der Waals surface area contributed by atoms with Crippen molar-refractivity contribution in [1.29, 1.82) is 0 Å². The van der Waals surface area contributed by atoms with Crippen LogP contribution in [0.2, 0.25) is 0 Å². The number of rotatable bonds is 8. The lowest BCUT2D eigenvalue weighted by molar-refractivity contribution is -0.115. The zero-order valence-corrected chi connectivity index (χ0v) is 20.2. The summed E-state index contributed by atoms with van der Waals surface area (Å²) in [5, 5.41) is 6.18. The standard InChI is InChI=1S/C25H23N3O4S2/c1-17-18(2)27-32-25(17)28-34(30,31)22-15-13-20(14-16-22)26-24(29)23(19-9-5-3-6-10-19)33-21-11-7-4-8-12-21/h3-16,23,28H,1-2H3,(H,26,29). The number of carbonyl (C=O) groups is 1. The number of aryl methyl sites for hydroxylation is 1. The zero-order valence-electron chi connectivity index (χ0n) is 18.6. The van der Waals surface area contributed by atoms with Gasteiger partial charge in [0, 0.05) is 16.1 Å². The molecule has 1 atom stereocenters. The average Bonchev–Trinajstić information content (AvgIpc) is 3.15. The fourth-order valence-electron chi connectivity index (χ4n) is 3.15. The molecule has 0 radical (unpaired) electrons. The summed E-state index contributed by atoms with van der Waals surface area (Å²) in [5.74, 6) is -0.125. The molecule has 34 heavy (non-hydrogen) atoms. The Balaban J connectivity index is 1.50. The summed E-state index contributed by atoms with van der Waals surface area (Å²) >= 11 is 1.45. The Hall–Kier alpha value is -3.56. The molecule has 1 unspecified atom stereocenters. The van der Waals surface area contributed by atoms with Crippen LogP contribution in [0.4, 0.5) is 11.6 Å². The van der Waals surface area contributed by atoms with Gasteiger partial charge in [0.15, 0.2) is 0 Å². The highest BCUT2D eigenvalue weighted by Gasteiger charge is 2.23. The lowest BCUT2D eigenvalue weighted by Crippen LogP contribution is -2.19. The van der Waals surface area contributed by atoms with Gasteiger partial charge in [0.1, 0.15) is 5.25 Å². The number of aromatic nitrogens is 1. The minimum absolute atomic E-state index is 0.0391. The number of nitrogens with one attached hydrogen (secondary N) is 2. The van der Waals surface area contributed by atoms with E-state index >= 15 is 0 Å². The molecular formula is C25H23N3O4S2. The van der Waals surface area contributed by atoms with Crippen LogP contribution in [0, 0.1) is 13.8 Å². The zero-order chi connectivity index (χ0) is 24.1. The molecule has 4 rings (SSSR count). The molecule has 0 saturated heterocycles. The van der Waals surface area contributed by atoms with E-state index in [0.717, 1.165) is 10.5 Å². The van der Waals surface area contributed by atoms with Crippen molar-refractivity contribution >= 4 is 39.3 Å². The number of sulfonamides is 1. The highest BCUT2D eigenvalue weighted by molar-refractivity contribution is 8.00. The number of thioether (sulfide) groups is 1. The number of carbonyl (C=O) groups excluding carboxylic acids is 1. The summed E-state index contributed by atoms with van der Waals surface area (Å²) in [7, 11) is -3.87. The van der Waals surface area contributed by atoms with Gasteiger partial charge in [0.2, 0.25) is 11.8 Å². The van der Waals surface area contributed by atoms with Gasteiger partial charge >= 0.3 is 0 Å². The Labute approximate surface area is 202 Å². The van der Waals surface area contributed by atoms with Crippen LogP contribution >= 0.6 is 11.8 Å². The molecule has 0 fully saturated rings. The first-order valence-corrected chi connectivity index (χ1v) is 12.8. The van der Waals surface area contributed by atoms with Gasteiger partial charge < -0.3 is 9.84 Å². The summed E-state index contributed by atoms with van der Waals surface area (Å²) in [4.78, 5) is 14.2. The number of hydrogen-bond donors (Lipinski definition) is 2. The van der Waals surface area contributed by atoms with Crippen LogP contribution < -0.4 is 10.0 Å². The van der Waals surface area contributed by atoms with E-state index in [0.29, 0.717) is 16.9 Å². The largest absolute Gasteiger partial charge is 0.337 e. The summed E-state index contributed by atoms with van der Waals surface area (Å²) < 4.78 is 32.9. The highest BCUT2D eigenvalue weighted by atomic mass is 32.2. The molecule has 4 aromatic rings. The average molecular weight is 494 g/mol. The van der Waals surface area contributed by atoms with Crippen LogP contribution in [-0.4, -0.2) is 19.5 Å². The van der Waals surface area contributed by atoms with Gasteiger partial charge in [0.25, 0.3) is 10.0 Å². The van der Waals surface area contributed by atoms with Gasteiger partial charge in [-0.15, -0.1) is 11.8 Å². The van der Waals surface area contributed by atoms with E-state index in [9.17, 15) is 13.2 Å². The smallest absolute Gasteiger partial charge is 0.264 e. The minimum atomic E-state index is -3.87. The van der Waals surface area contributed by atoms with Crippen LogP contribution in [-0.2, 0) is 14.8 Å². The normalized spacial score (nSPS) is 12.2. The van der Waals surface area contributed by atoms with Crippen LogP contribution in [0.1, 0.15) is 22.1 Å². The molecule has 2 N–H and O–H groups in total. The Morgan fingerprint density at radius 3 is 2.12 bits per heavy atom. The SMILES string of the molecule is Cc1noc(NS(=O)(=O)c2ccc(NC(=O)C(Sc3ccccc3)c3ccccc3)cc2)c1C. The molecule has 174 valence electrons. The van der Waals surface area contributed by atoms with Gasteiger partial charge in [-0.1, -0.05) is 53.7 Å². The van der Waals surface area contributed by atoms with Crippen molar-refractivity contribution in [2.45, 2.75) is 28.9 Å². The van der Waals surface area contributed by atoms with E-state index in [1.165, 1.54) is 23.9 Å². The molecule has 3 aromatic carbocycles. The second-order valence-electron chi connectivity index (χ2n) is 7.56. The van der Waals surface area contributed by atoms with E-state index in [2.05, 4.69) is 15.2 Å². The maximum Gasteiger partial charge on any atom is 0.264 e. The van der Waals surface area contributed by atoms with Crippen molar-refractivity contribution in [3.8, 4) is 0 Å². The predicted octanol–water partition coefficient (Wildman–Crippen LogP) is 5.56. The molecule has 1 heterocycles.